The topological polar surface area (TPSA) is 67.1 Å². The fourth-order valence-corrected chi connectivity index (χ4v) is 1.06. The van der Waals surface area contributed by atoms with Gasteiger partial charge in [-0.2, -0.15) is 0 Å². The molecule has 4 nitrogen and oxygen atoms in total. The monoisotopic (exact) mass is 229 g/mol. The van der Waals surface area contributed by atoms with Crippen LogP contribution in [-0.2, 0) is 4.79 Å². The Morgan fingerprint density at radius 2 is 2.21 bits per heavy atom. The zero-order chi connectivity index (χ0) is 10.6. The van der Waals surface area contributed by atoms with Gasteiger partial charge in [-0.05, 0) is 18.2 Å². The molecule has 4 N–H and O–H groups in total. The summed E-state index contributed by atoms with van der Waals surface area (Å²) in [6.07, 6.45) is 0. The fourth-order valence-electron chi connectivity index (χ4n) is 0.820. The number of nitrogens with two attached hydrogens (primary N) is 1. The molecule has 0 radical (unpaired) electrons. The van der Waals surface area contributed by atoms with Gasteiger partial charge in [0.1, 0.15) is 0 Å². The van der Waals surface area contributed by atoms with Gasteiger partial charge in [-0.25, -0.2) is 5.84 Å². The fraction of sp³-hybridized carbons (Fsp3) is 0. The van der Waals surface area contributed by atoms with Crippen LogP contribution in [0.2, 0.25) is 5.02 Å². The lowest BCUT2D eigenvalue weighted by Crippen LogP contribution is -2.38. The Morgan fingerprint density at radius 1 is 1.50 bits per heavy atom. The SMILES string of the molecule is NNC(=S)C(=O)Nc1cccc(Cl)c1. The quantitative estimate of drug-likeness (QED) is 0.383. The number of carbonyl (C=O) groups excluding carboxylic acids is 1. The molecular formula is C8H8ClN3OS. The first-order valence-electron chi connectivity index (χ1n) is 3.71. The number of thiocarbonyl (C=S) groups is 1. The number of hydrogen-bond acceptors (Lipinski definition) is 3. The smallest absolute Gasteiger partial charge is 0.284 e. The van der Waals surface area contributed by atoms with Crippen LogP contribution in [0.5, 0.6) is 0 Å². The third-order valence-corrected chi connectivity index (χ3v) is 1.96. The lowest BCUT2D eigenvalue weighted by molar-refractivity contribution is -0.110. The second kappa shape index (κ2) is 4.90. The maximum Gasteiger partial charge on any atom is 0.284 e. The van der Waals surface area contributed by atoms with Crippen molar-refractivity contribution in [2.45, 2.75) is 0 Å². The Bertz CT molecular complexity index is 369. The number of amides is 1. The zero-order valence-corrected chi connectivity index (χ0v) is 8.65. The third-order valence-electron chi connectivity index (χ3n) is 1.42. The number of hydrazine groups is 1. The predicted molar refractivity (Wildman–Crippen MR) is 60.0 cm³/mol. The molecule has 1 aromatic carbocycles. The number of carbonyl (C=O) groups is 1. The number of nitrogens with one attached hydrogen (secondary N) is 2. The molecule has 0 saturated heterocycles. The minimum atomic E-state index is -0.468. The number of halogens is 1. The summed E-state index contributed by atoms with van der Waals surface area (Å²) in [5.74, 6) is 4.51. The molecular weight excluding hydrogens is 222 g/mol. The second-order valence-electron chi connectivity index (χ2n) is 2.44. The minimum absolute atomic E-state index is 0.0787. The van der Waals surface area contributed by atoms with E-state index in [0.29, 0.717) is 10.7 Å². The van der Waals surface area contributed by atoms with Crippen LogP contribution in [0.25, 0.3) is 0 Å². The molecule has 0 bridgehead atoms. The first-order valence-corrected chi connectivity index (χ1v) is 4.49. The van der Waals surface area contributed by atoms with Gasteiger partial charge in [0.15, 0.2) is 4.99 Å². The molecule has 1 amide bonds. The summed E-state index contributed by atoms with van der Waals surface area (Å²) in [7, 11) is 0. The zero-order valence-electron chi connectivity index (χ0n) is 7.08. The number of benzene rings is 1. The maximum atomic E-state index is 11.2. The Labute approximate surface area is 91.4 Å². The molecule has 0 aliphatic heterocycles. The summed E-state index contributed by atoms with van der Waals surface area (Å²) in [5.41, 5.74) is 2.66. The van der Waals surface area contributed by atoms with Crippen LogP contribution in [-0.4, -0.2) is 10.9 Å². The lowest BCUT2D eigenvalue weighted by atomic mass is 10.3. The second-order valence-corrected chi connectivity index (χ2v) is 3.28. The van der Waals surface area contributed by atoms with Crippen molar-refractivity contribution in [2.24, 2.45) is 5.84 Å². The van der Waals surface area contributed by atoms with Crippen molar-refractivity contribution in [2.75, 3.05) is 5.32 Å². The number of anilines is 1. The van der Waals surface area contributed by atoms with Crippen LogP contribution in [0.4, 0.5) is 5.69 Å². The number of hydrogen-bond donors (Lipinski definition) is 3. The molecule has 0 spiro atoms. The summed E-state index contributed by atoms with van der Waals surface area (Å²) in [6, 6.07) is 6.73. The van der Waals surface area contributed by atoms with Crippen molar-refractivity contribution in [3.05, 3.63) is 29.3 Å². The van der Waals surface area contributed by atoms with Crippen molar-refractivity contribution in [1.29, 1.82) is 0 Å². The van der Waals surface area contributed by atoms with Gasteiger partial charge in [0, 0.05) is 10.7 Å². The maximum absolute atomic E-state index is 11.2. The van der Waals surface area contributed by atoms with Crippen LogP contribution in [0.3, 0.4) is 0 Å². The highest BCUT2D eigenvalue weighted by molar-refractivity contribution is 7.82. The van der Waals surface area contributed by atoms with Crippen LogP contribution >= 0.6 is 23.8 Å². The van der Waals surface area contributed by atoms with E-state index in [1.54, 1.807) is 24.3 Å². The Morgan fingerprint density at radius 3 is 2.79 bits per heavy atom. The summed E-state index contributed by atoms with van der Waals surface area (Å²) >= 11 is 10.3. The molecule has 74 valence electrons. The van der Waals surface area contributed by atoms with E-state index in [1.165, 1.54) is 0 Å². The largest absolute Gasteiger partial charge is 0.320 e. The molecule has 0 saturated carbocycles. The molecule has 0 fully saturated rings. The van der Waals surface area contributed by atoms with Crippen LogP contribution in [0.1, 0.15) is 0 Å². The van der Waals surface area contributed by atoms with Crippen molar-refractivity contribution in [3.8, 4) is 0 Å². The first kappa shape index (κ1) is 10.9. The summed E-state index contributed by atoms with van der Waals surface area (Å²) < 4.78 is 0. The van der Waals surface area contributed by atoms with Gasteiger partial charge >= 0.3 is 0 Å². The summed E-state index contributed by atoms with van der Waals surface area (Å²) in [6.45, 7) is 0. The van der Waals surface area contributed by atoms with Gasteiger partial charge in [0.05, 0.1) is 0 Å². The van der Waals surface area contributed by atoms with E-state index < -0.39 is 5.91 Å². The van der Waals surface area contributed by atoms with Crippen molar-refractivity contribution in [3.63, 3.8) is 0 Å². The molecule has 0 unspecified atom stereocenters. The molecule has 0 aliphatic rings. The molecule has 0 heterocycles. The first-order chi connectivity index (χ1) is 6.63. The van der Waals surface area contributed by atoms with Gasteiger partial charge < -0.3 is 10.7 Å². The van der Waals surface area contributed by atoms with E-state index >= 15 is 0 Å². The average molecular weight is 230 g/mol. The molecule has 6 heteroatoms. The number of rotatable bonds is 1. The average Bonchev–Trinajstić information content (AvgIpc) is 2.16. The van der Waals surface area contributed by atoms with Crippen LogP contribution in [0.15, 0.2) is 24.3 Å². The van der Waals surface area contributed by atoms with Crippen LogP contribution < -0.4 is 16.6 Å². The van der Waals surface area contributed by atoms with E-state index in [0.717, 1.165) is 0 Å². The predicted octanol–water partition coefficient (Wildman–Crippen LogP) is 1.07. The highest BCUT2D eigenvalue weighted by Gasteiger charge is 2.06. The van der Waals surface area contributed by atoms with Crippen molar-refractivity contribution >= 4 is 40.4 Å². The summed E-state index contributed by atoms with van der Waals surface area (Å²) in [5, 5.41) is 3.06. The minimum Gasteiger partial charge on any atom is -0.320 e. The Kier molecular flexibility index (Phi) is 3.82. The van der Waals surface area contributed by atoms with Gasteiger partial charge in [-0.1, -0.05) is 29.9 Å². The van der Waals surface area contributed by atoms with Gasteiger partial charge in [-0.15, -0.1) is 0 Å². The van der Waals surface area contributed by atoms with Crippen molar-refractivity contribution < 1.29 is 4.79 Å². The molecule has 1 rings (SSSR count). The van der Waals surface area contributed by atoms with E-state index in [9.17, 15) is 4.79 Å². The van der Waals surface area contributed by atoms with E-state index in [2.05, 4.69) is 23.0 Å². The highest BCUT2D eigenvalue weighted by Crippen LogP contribution is 2.14. The summed E-state index contributed by atoms with van der Waals surface area (Å²) in [4.78, 5) is 11.1. The normalized spacial score (nSPS) is 9.29. The van der Waals surface area contributed by atoms with E-state index in [-0.39, 0.29) is 4.99 Å². The van der Waals surface area contributed by atoms with Gasteiger partial charge in [-0.3, -0.25) is 4.79 Å². The molecule has 0 aromatic heterocycles. The standard InChI is InChI=1S/C8H8ClN3OS/c9-5-2-1-3-6(4-5)11-7(13)8(14)12-10/h1-4H,10H2,(H,11,13)(H,12,14). The van der Waals surface area contributed by atoms with E-state index in [4.69, 9.17) is 17.4 Å². The molecule has 0 atom stereocenters. The molecule has 14 heavy (non-hydrogen) atoms. The highest BCUT2D eigenvalue weighted by atomic mass is 35.5. The Balaban J connectivity index is 2.70. The molecule has 1 aromatic rings. The van der Waals surface area contributed by atoms with Crippen LogP contribution in [0, 0.1) is 0 Å². The van der Waals surface area contributed by atoms with Gasteiger partial charge in [0.25, 0.3) is 5.91 Å². The lowest BCUT2D eigenvalue weighted by Gasteiger charge is -2.05. The third kappa shape index (κ3) is 2.95. The van der Waals surface area contributed by atoms with Gasteiger partial charge in [0.2, 0.25) is 0 Å². The van der Waals surface area contributed by atoms with Crippen molar-refractivity contribution in [1.82, 2.24) is 5.43 Å². The Hall–Kier alpha value is -1.17. The van der Waals surface area contributed by atoms with E-state index in [1.807, 2.05) is 0 Å². The molecule has 0 aliphatic carbocycles.